The Balaban J connectivity index is 2.22. The van der Waals surface area contributed by atoms with Crippen molar-refractivity contribution in [3.63, 3.8) is 0 Å². The molecule has 1 saturated heterocycles. The highest BCUT2D eigenvalue weighted by atomic mass is 19.1. The van der Waals surface area contributed by atoms with E-state index < -0.39 is 6.04 Å². The van der Waals surface area contributed by atoms with Crippen molar-refractivity contribution in [1.29, 1.82) is 0 Å². The third-order valence-corrected chi connectivity index (χ3v) is 3.28. The fourth-order valence-corrected chi connectivity index (χ4v) is 2.24. The molecule has 0 aliphatic carbocycles. The van der Waals surface area contributed by atoms with Crippen LogP contribution in [0.4, 0.5) is 15.8 Å². The third-order valence-electron chi connectivity index (χ3n) is 3.28. The number of nitrogen functional groups attached to an aromatic ring is 1. The number of hydrogen-bond donors (Lipinski definition) is 2. The number of nitrogens with zero attached hydrogens (tertiary/aromatic N) is 1. The number of carbonyl (C=O) groups excluding carboxylic acids is 1. The van der Waals surface area contributed by atoms with E-state index in [4.69, 9.17) is 10.5 Å². The topological polar surface area (TPSA) is 67.6 Å². The molecule has 0 saturated carbocycles. The molecule has 1 heterocycles. The summed E-state index contributed by atoms with van der Waals surface area (Å²) < 4.78 is 18.8. The van der Waals surface area contributed by atoms with E-state index in [1.165, 1.54) is 18.2 Å². The van der Waals surface area contributed by atoms with Crippen LogP contribution < -0.4 is 16.0 Å². The second-order valence-electron chi connectivity index (χ2n) is 4.78. The minimum atomic E-state index is -0.473. The Morgan fingerprint density at radius 3 is 3.15 bits per heavy atom. The molecule has 0 bridgehead atoms. The van der Waals surface area contributed by atoms with E-state index in [1.807, 2.05) is 11.8 Å². The Labute approximate surface area is 117 Å². The maximum absolute atomic E-state index is 13.4. The molecule has 5 nitrogen and oxygen atoms in total. The lowest BCUT2D eigenvalue weighted by atomic mass is 10.1. The van der Waals surface area contributed by atoms with Gasteiger partial charge in [-0.1, -0.05) is 6.92 Å². The fourth-order valence-electron chi connectivity index (χ4n) is 2.24. The van der Waals surface area contributed by atoms with Crippen molar-refractivity contribution in [2.45, 2.75) is 19.4 Å². The molecule has 1 fully saturated rings. The standard InChI is InChI=1S/C14H20FN3O2/c1-2-5-17-14(19)13-9-20-7-6-18(13)12-8-10(15)3-4-11(12)16/h3-4,8,13H,2,5-7,9,16H2,1H3,(H,17,19). The van der Waals surface area contributed by atoms with E-state index in [2.05, 4.69) is 5.32 Å². The highest BCUT2D eigenvalue weighted by molar-refractivity contribution is 5.87. The monoisotopic (exact) mass is 281 g/mol. The van der Waals surface area contributed by atoms with Gasteiger partial charge in [0.25, 0.3) is 0 Å². The molecule has 0 spiro atoms. The van der Waals surface area contributed by atoms with Gasteiger partial charge in [0, 0.05) is 13.1 Å². The summed E-state index contributed by atoms with van der Waals surface area (Å²) in [5.74, 6) is -0.483. The molecule has 3 N–H and O–H groups in total. The molecular weight excluding hydrogens is 261 g/mol. The summed E-state index contributed by atoms with van der Waals surface area (Å²) in [7, 11) is 0. The van der Waals surface area contributed by atoms with Crippen LogP contribution in [-0.2, 0) is 9.53 Å². The molecule has 1 aliphatic heterocycles. The Kier molecular flexibility index (Phi) is 4.79. The second-order valence-corrected chi connectivity index (χ2v) is 4.78. The Bertz CT molecular complexity index is 481. The largest absolute Gasteiger partial charge is 0.397 e. The predicted molar refractivity (Wildman–Crippen MR) is 76.1 cm³/mol. The number of benzene rings is 1. The highest BCUT2D eigenvalue weighted by Crippen LogP contribution is 2.27. The summed E-state index contributed by atoms with van der Waals surface area (Å²) in [5.41, 5.74) is 6.91. The van der Waals surface area contributed by atoms with Crippen molar-refractivity contribution >= 4 is 17.3 Å². The number of rotatable bonds is 4. The molecule has 1 atom stereocenters. The van der Waals surface area contributed by atoms with Crippen LogP contribution in [0, 0.1) is 5.82 Å². The first-order valence-electron chi connectivity index (χ1n) is 6.80. The van der Waals surface area contributed by atoms with Gasteiger partial charge >= 0.3 is 0 Å². The first-order valence-corrected chi connectivity index (χ1v) is 6.80. The van der Waals surface area contributed by atoms with E-state index in [1.54, 1.807) is 0 Å². The molecule has 1 unspecified atom stereocenters. The molecule has 1 aromatic rings. The van der Waals surface area contributed by atoms with E-state index in [0.717, 1.165) is 6.42 Å². The molecule has 20 heavy (non-hydrogen) atoms. The lowest BCUT2D eigenvalue weighted by Crippen LogP contribution is -2.54. The van der Waals surface area contributed by atoms with Gasteiger partial charge in [-0.3, -0.25) is 4.79 Å². The summed E-state index contributed by atoms with van der Waals surface area (Å²) in [6.07, 6.45) is 0.863. The molecular formula is C14H20FN3O2. The smallest absolute Gasteiger partial charge is 0.245 e. The maximum atomic E-state index is 13.4. The van der Waals surface area contributed by atoms with Gasteiger partial charge in [-0.05, 0) is 24.6 Å². The quantitative estimate of drug-likeness (QED) is 0.812. The van der Waals surface area contributed by atoms with Gasteiger partial charge in [0.15, 0.2) is 0 Å². The number of nitrogens with one attached hydrogen (secondary N) is 1. The minimum absolute atomic E-state index is 0.116. The van der Waals surface area contributed by atoms with E-state index in [0.29, 0.717) is 31.1 Å². The lowest BCUT2D eigenvalue weighted by Gasteiger charge is -2.36. The zero-order chi connectivity index (χ0) is 14.5. The average Bonchev–Trinajstić information content (AvgIpc) is 2.47. The van der Waals surface area contributed by atoms with Crippen LogP contribution in [0.15, 0.2) is 18.2 Å². The van der Waals surface area contributed by atoms with Crippen LogP contribution >= 0.6 is 0 Å². The molecule has 6 heteroatoms. The summed E-state index contributed by atoms with van der Waals surface area (Å²) in [6, 6.07) is 3.72. The number of carbonyl (C=O) groups is 1. The minimum Gasteiger partial charge on any atom is -0.397 e. The summed E-state index contributed by atoms with van der Waals surface area (Å²) in [4.78, 5) is 14.0. The average molecular weight is 281 g/mol. The zero-order valence-electron chi connectivity index (χ0n) is 11.6. The first kappa shape index (κ1) is 14.6. The van der Waals surface area contributed by atoms with Crippen molar-refractivity contribution in [1.82, 2.24) is 5.32 Å². The van der Waals surface area contributed by atoms with Crippen LogP contribution in [0.5, 0.6) is 0 Å². The number of halogens is 1. The molecule has 0 aromatic heterocycles. The van der Waals surface area contributed by atoms with Crippen molar-refractivity contribution in [2.24, 2.45) is 0 Å². The fraction of sp³-hybridized carbons (Fsp3) is 0.500. The number of ether oxygens (including phenoxy) is 1. The molecule has 1 aromatic carbocycles. The van der Waals surface area contributed by atoms with Crippen molar-refractivity contribution in [3.05, 3.63) is 24.0 Å². The van der Waals surface area contributed by atoms with Gasteiger partial charge in [0.05, 0.1) is 24.6 Å². The van der Waals surface area contributed by atoms with Gasteiger partial charge in [0.1, 0.15) is 11.9 Å². The van der Waals surface area contributed by atoms with Crippen LogP contribution in [0.1, 0.15) is 13.3 Å². The van der Waals surface area contributed by atoms with Gasteiger partial charge < -0.3 is 20.7 Å². The molecule has 110 valence electrons. The number of amides is 1. The Hall–Kier alpha value is -1.82. The highest BCUT2D eigenvalue weighted by Gasteiger charge is 2.30. The molecule has 0 radical (unpaired) electrons. The van der Waals surface area contributed by atoms with Gasteiger partial charge in [0.2, 0.25) is 5.91 Å². The lowest BCUT2D eigenvalue weighted by molar-refractivity contribution is -0.124. The van der Waals surface area contributed by atoms with E-state index in [9.17, 15) is 9.18 Å². The SMILES string of the molecule is CCCNC(=O)C1COCCN1c1cc(F)ccc1N. The van der Waals surface area contributed by atoms with Gasteiger partial charge in [-0.2, -0.15) is 0 Å². The molecule has 1 amide bonds. The predicted octanol–water partition coefficient (Wildman–Crippen LogP) is 1.14. The van der Waals surface area contributed by atoms with Gasteiger partial charge in [-0.25, -0.2) is 4.39 Å². The van der Waals surface area contributed by atoms with Crippen LogP contribution in [0.25, 0.3) is 0 Å². The number of morpholine rings is 1. The number of nitrogens with two attached hydrogens (primary N) is 1. The normalized spacial score (nSPS) is 18.9. The Morgan fingerprint density at radius 2 is 2.40 bits per heavy atom. The van der Waals surface area contributed by atoms with Crippen molar-refractivity contribution in [2.75, 3.05) is 36.9 Å². The molecule has 1 aliphatic rings. The maximum Gasteiger partial charge on any atom is 0.245 e. The van der Waals surface area contributed by atoms with Crippen molar-refractivity contribution in [3.8, 4) is 0 Å². The summed E-state index contributed by atoms with van der Waals surface area (Å²) in [6.45, 7) is 3.89. The van der Waals surface area contributed by atoms with E-state index >= 15 is 0 Å². The zero-order valence-corrected chi connectivity index (χ0v) is 11.6. The van der Waals surface area contributed by atoms with Crippen LogP contribution in [0.3, 0.4) is 0 Å². The summed E-state index contributed by atoms with van der Waals surface area (Å²) in [5, 5.41) is 2.84. The van der Waals surface area contributed by atoms with Gasteiger partial charge in [-0.15, -0.1) is 0 Å². The number of anilines is 2. The number of hydrogen-bond acceptors (Lipinski definition) is 4. The van der Waals surface area contributed by atoms with E-state index in [-0.39, 0.29) is 18.3 Å². The Morgan fingerprint density at radius 1 is 1.60 bits per heavy atom. The van der Waals surface area contributed by atoms with Crippen molar-refractivity contribution < 1.29 is 13.9 Å². The summed E-state index contributed by atoms with van der Waals surface area (Å²) >= 11 is 0. The second kappa shape index (κ2) is 6.56. The first-order chi connectivity index (χ1) is 9.63. The van der Waals surface area contributed by atoms with Crippen LogP contribution in [-0.4, -0.2) is 38.3 Å². The molecule has 2 rings (SSSR count). The van der Waals surface area contributed by atoms with Crippen LogP contribution in [0.2, 0.25) is 0 Å². The third kappa shape index (κ3) is 3.19.